The molecule has 0 aliphatic carbocycles. The molecule has 3 heterocycles. The van der Waals surface area contributed by atoms with E-state index in [0.717, 1.165) is 48.3 Å². The smallest absolute Gasteiger partial charge is 0.211 e. The molecule has 0 N–H and O–H groups in total. The number of rotatable bonds is 3. The topological polar surface area (TPSA) is 71.3 Å². The van der Waals surface area contributed by atoms with Crippen molar-refractivity contribution in [2.75, 3.05) is 32.4 Å². The van der Waals surface area contributed by atoms with Gasteiger partial charge in [0.2, 0.25) is 10.0 Å². The van der Waals surface area contributed by atoms with Gasteiger partial charge in [-0.25, -0.2) is 17.7 Å². The monoisotopic (exact) mass is 337 g/mol. The fraction of sp³-hybridized carbons (Fsp3) is 0.600. The molecule has 1 saturated heterocycles. The Morgan fingerprint density at radius 3 is 2.74 bits per heavy atom. The highest BCUT2D eigenvalue weighted by Crippen LogP contribution is 2.18. The Hall–Kier alpha value is -1.51. The Kier molecular flexibility index (Phi) is 4.39. The summed E-state index contributed by atoms with van der Waals surface area (Å²) in [5, 5.41) is 5.48. The van der Waals surface area contributed by atoms with Crippen LogP contribution in [0.3, 0.4) is 0 Å². The quantitative estimate of drug-likeness (QED) is 0.826. The molecule has 126 valence electrons. The Labute approximate surface area is 136 Å². The molecule has 3 rings (SSSR count). The first-order valence-corrected chi connectivity index (χ1v) is 9.65. The number of pyridine rings is 1. The molecule has 0 aromatic carbocycles. The average molecular weight is 337 g/mol. The van der Waals surface area contributed by atoms with Crippen LogP contribution in [0.5, 0.6) is 0 Å². The van der Waals surface area contributed by atoms with Crippen LogP contribution in [-0.4, -0.2) is 64.8 Å². The minimum atomic E-state index is -3.09. The van der Waals surface area contributed by atoms with Gasteiger partial charge in [-0.2, -0.15) is 5.10 Å². The summed E-state index contributed by atoms with van der Waals surface area (Å²) in [6.45, 7) is 5.58. The van der Waals surface area contributed by atoms with Crippen LogP contribution in [0.4, 0.5) is 0 Å². The average Bonchev–Trinajstić information content (AvgIpc) is 2.66. The predicted molar refractivity (Wildman–Crippen MR) is 89.6 cm³/mol. The highest BCUT2D eigenvalue weighted by molar-refractivity contribution is 7.88. The maximum atomic E-state index is 11.7. The number of hydrogen-bond acceptors (Lipinski definition) is 5. The van der Waals surface area contributed by atoms with Gasteiger partial charge < -0.3 is 0 Å². The third-order valence-electron chi connectivity index (χ3n) is 4.34. The molecular formula is C15H23N5O2S. The molecule has 0 unspecified atom stereocenters. The summed E-state index contributed by atoms with van der Waals surface area (Å²) < 4.78 is 26.7. The van der Waals surface area contributed by atoms with Gasteiger partial charge in [0.25, 0.3) is 0 Å². The fourth-order valence-electron chi connectivity index (χ4n) is 3.13. The number of nitrogens with zero attached hydrogens (tertiary/aromatic N) is 5. The second kappa shape index (κ2) is 6.18. The molecule has 0 bridgehead atoms. The minimum Gasteiger partial charge on any atom is -0.298 e. The number of sulfonamides is 1. The van der Waals surface area contributed by atoms with Gasteiger partial charge in [-0.05, 0) is 31.5 Å². The molecule has 0 amide bonds. The van der Waals surface area contributed by atoms with E-state index in [0.29, 0.717) is 13.1 Å². The van der Waals surface area contributed by atoms with Crippen LogP contribution in [0.15, 0.2) is 12.3 Å². The summed E-state index contributed by atoms with van der Waals surface area (Å²) in [5.41, 5.74) is 3.02. The van der Waals surface area contributed by atoms with E-state index in [1.165, 1.54) is 6.26 Å². The van der Waals surface area contributed by atoms with Gasteiger partial charge in [0.1, 0.15) is 0 Å². The highest BCUT2D eigenvalue weighted by Gasteiger charge is 2.21. The van der Waals surface area contributed by atoms with Crippen molar-refractivity contribution in [3.63, 3.8) is 0 Å². The van der Waals surface area contributed by atoms with E-state index >= 15 is 0 Å². The molecule has 2 aromatic rings. The zero-order valence-electron chi connectivity index (χ0n) is 13.9. The standard InChI is InChI=1S/C15H23N5O2S/c1-12-14-9-13(10-16-15(14)18(2)17-12)11-19-5-4-6-20(8-7-19)23(3,21)22/h9-10H,4-8,11H2,1-3H3. The molecule has 1 aliphatic rings. The summed E-state index contributed by atoms with van der Waals surface area (Å²) in [5.74, 6) is 0. The first-order valence-electron chi connectivity index (χ1n) is 7.80. The highest BCUT2D eigenvalue weighted by atomic mass is 32.2. The van der Waals surface area contributed by atoms with Crippen molar-refractivity contribution in [3.8, 4) is 0 Å². The van der Waals surface area contributed by atoms with Gasteiger partial charge in [-0.1, -0.05) is 0 Å². The van der Waals surface area contributed by atoms with Crippen LogP contribution in [0.2, 0.25) is 0 Å². The van der Waals surface area contributed by atoms with Crippen LogP contribution in [0.25, 0.3) is 11.0 Å². The molecule has 1 aliphatic heterocycles. The normalized spacial score (nSPS) is 18.4. The molecule has 23 heavy (non-hydrogen) atoms. The number of hydrogen-bond donors (Lipinski definition) is 0. The number of aryl methyl sites for hydroxylation is 2. The van der Waals surface area contributed by atoms with Crippen molar-refractivity contribution < 1.29 is 8.42 Å². The maximum Gasteiger partial charge on any atom is 0.211 e. The third kappa shape index (κ3) is 3.54. The van der Waals surface area contributed by atoms with Gasteiger partial charge in [-0.15, -0.1) is 0 Å². The van der Waals surface area contributed by atoms with Gasteiger partial charge in [0.05, 0.1) is 11.9 Å². The summed E-state index contributed by atoms with van der Waals surface area (Å²) in [7, 11) is -1.19. The van der Waals surface area contributed by atoms with E-state index in [9.17, 15) is 8.42 Å². The maximum absolute atomic E-state index is 11.7. The third-order valence-corrected chi connectivity index (χ3v) is 5.65. The lowest BCUT2D eigenvalue weighted by molar-refractivity contribution is 0.278. The molecule has 7 nitrogen and oxygen atoms in total. The Morgan fingerprint density at radius 1 is 1.22 bits per heavy atom. The minimum absolute atomic E-state index is 0.556. The fourth-order valence-corrected chi connectivity index (χ4v) is 4.01. The van der Waals surface area contributed by atoms with Gasteiger partial charge >= 0.3 is 0 Å². The van der Waals surface area contributed by atoms with Crippen LogP contribution in [0, 0.1) is 6.92 Å². The van der Waals surface area contributed by atoms with Crippen LogP contribution in [0.1, 0.15) is 17.7 Å². The van der Waals surface area contributed by atoms with Crippen molar-refractivity contribution in [3.05, 3.63) is 23.5 Å². The van der Waals surface area contributed by atoms with E-state index in [1.807, 2.05) is 20.2 Å². The second-order valence-electron chi connectivity index (χ2n) is 6.22. The summed E-state index contributed by atoms with van der Waals surface area (Å²) in [6.07, 6.45) is 4.03. The van der Waals surface area contributed by atoms with Gasteiger partial charge in [-0.3, -0.25) is 9.58 Å². The van der Waals surface area contributed by atoms with Crippen LogP contribution >= 0.6 is 0 Å². The van der Waals surface area contributed by atoms with E-state index < -0.39 is 10.0 Å². The number of aromatic nitrogens is 3. The van der Waals surface area contributed by atoms with Crippen molar-refractivity contribution in [2.45, 2.75) is 19.9 Å². The predicted octanol–water partition coefficient (Wildman–Crippen LogP) is 0.744. The van der Waals surface area contributed by atoms with E-state index in [4.69, 9.17) is 0 Å². The molecular weight excluding hydrogens is 314 g/mol. The van der Waals surface area contributed by atoms with Crippen LogP contribution < -0.4 is 0 Å². The molecule has 1 fully saturated rings. The zero-order chi connectivity index (χ0) is 16.6. The molecule has 8 heteroatoms. The van der Waals surface area contributed by atoms with Gasteiger partial charge in [0.15, 0.2) is 5.65 Å². The van der Waals surface area contributed by atoms with Crippen molar-refractivity contribution in [1.82, 2.24) is 24.0 Å². The van der Waals surface area contributed by atoms with E-state index in [-0.39, 0.29) is 0 Å². The first-order chi connectivity index (χ1) is 10.8. The van der Waals surface area contributed by atoms with Crippen LogP contribution in [-0.2, 0) is 23.6 Å². The van der Waals surface area contributed by atoms with E-state index in [2.05, 4.69) is 21.0 Å². The largest absolute Gasteiger partial charge is 0.298 e. The molecule has 0 spiro atoms. The van der Waals surface area contributed by atoms with Crippen molar-refractivity contribution in [2.24, 2.45) is 7.05 Å². The Balaban J connectivity index is 1.73. The lowest BCUT2D eigenvalue weighted by Gasteiger charge is -2.20. The van der Waals surface area contributed by atoms with Crippen molar-refractivity contribution >= 4 is 21.1 Å². The lowest BCUT2D eigenvalue weighted by atomic mass is 10.2. The van der Waals surface area contributed by atoms with Gasteiger partial charge in [0, 0.05) is 44.8 Å². The first kappa shape index (κ1) is 16.4. The Bertz CT molecular complexity index is 815. The van der Waals surface area contributed by atoms with E-state index in [1.54, 1.807) is 8.99 Å². The lowest BCUT2D eigenvalue weighted by Crippen LogP contribution is -2.34. The summed E-state index contributed by atoms with van der Waals surface area (Å²) in [4.78, 5) is 6.80. The summed E-state index contributed by atoms with van der Waals surface area (Å²) in [6, 6.07) is 2.14. The van der Waals surface area contributed by atoms with Crippen molar-refractivity contribution in [1.29, 1.82) is 0 Å². The second-order valence-corrected chi connectivity index (χ2v) is 8.20. The molecule has 0 atom stereocenters. The molecule has 0 radical (unpaired) electrons. The number of fused-ring (bicyclic) bond motifs is 1. The molecule has 0 saturated carbocycles. The zero-order valence-corrected chi connectivity index (χ0v) is 14.7. The Morgan fingerprint density at radius 2 is 2.00 bits per heavy atom. The SMILES string of the molecule is Cc1nn(C)c2ncc(CN3CCCN(S(C)(=O)=O)CC3)cc12. The molecule has 2 aromatic heterocycles. The summed E-state index contributed by atoms with van der Waals surface area (Å²) >= 11 is 0.